The van der Waals surface area contributed by atoms with Crippen molar-refractivity contribution >= 4 is 0 Å². The molecule has 0 aliphatic heterocycles. The van der Waals surface area contributed by atoms with E-state index in [0.29, 0.717) is 17.8 Å². The number of phenolic OH excluding ortho intramolecular Hbond substituents is 1. The van der Waals surface area contributed by atoms with Crippen LogP contribution in [0.25, 0.3) is 0 Å². The molecule has 1 aliphatic carbocycles. The van der Waals surface area contributed by atoms with Gasteiger partial charge in [-0.05, 0) is 56.5 Å². The van der Waals surface area contributed by atoms with Gasteiger partial charge in [0.2, 0.25) is 0 Å². The minimum Gasteiger partial charge on any atom is -0.508 e. The van der Waals surface area contributed by atoms with Gasteiger partial charge in [-0.15, -0.1) is 0 Å². The lowest BCUT2D eigenvalue weighted by Gasteiger charge is -2.31. The van der Waals surface area contributed by atoms with Crippen LogP contribution in [0, 0.1) is 0 Å². The highest BCUT2D eigenvalue weighted by Gasteiger charge is 2.28. The quantitative estimate of drug-likeness (QED) is 0.860. The van der Waals surface area contributed by atoms with E-state index < -0.39 is 0 Å². The summed E-state index contributed by atoms with van der Waals surface area (Å²) in [7, 11) is 2.23. The highest BCUT2D eigenvalue weighted by Crippen LogP contribution is 2.37. The Bertz CT molecular complexity index is 389. The average molecular weight is 233 g/mol. The van der Waals surface area contributed by atoms with Gasteiger partial charge >= 0.3 is 0 Å². The van der Waals surface area contributed by atoms with Crippen molar-refractivity contribution in [3.05, 3.63) is 29.3 Å². The van der Waals surface area contributed by atoms with Crippen LogP contribution in [-0.2, 0) is 6.42 Å². The van der Waals surface area contributed by atoms with Gasteiger partial charge in [0.15, 0.2) is 0 Å². The highest BCUT2D eigenvalue weighted by atomic mass is 16.3. The number of aryl methyl sites for hydroxylation is 1. The number of fused-ring (bicyclic) bond motifs is 1. The van der Waals surface area contributed by atoms with E-state index in [2.05, 4.69) is 31.9 Å². The molecule has 94 valence electrons. The molecule has 2 heteroatoms. The molecule has 1 N–H and O–H groups in total. The van der Waals surface area contributed by atoms with Crippen molar-refractivity contribution in [3.8, 4) is 5.75 Å². The summed E-state index contributed by atoms with van der Waals surface area (Å²) in [5.74, 6) is 0.397. The molecule has 1 aromatic carbocycles. The van der Waals surface area contributed by atoms with Crippen LogP contribution in [0.4, 0.5) is 0 Å². The molecule has 2 nitrogen and oxygen atoms in total. The van der Waals surface area contributed by atoms with Crippen molar-refractivity contribution in [1.82, 2.24) is 4.90 Å². The molecule has 17 heavy (non-hydrogen) atoms. The van der Waals surface area contributed by atoms with Crippen molar-refractivity contribution in [2.24, 2.45) is 0 Å². The molecule has 0 saturated carbocycles. The Morgan fingerprint density at radius 1 is 1.47 bits per heavy atom. The van der Waals surface area contributed by atoms with E-state index >= 15 is 0 Å². The molecular formula is C15H23NO. The first kappa shape index (κ1) is 12.4. The zero-order valence-corrected chi connectivity index (χ0v) is 11.1. The number of hydrogen-bond donors (Lipinski definition) is 1. The maximum Gasteiger partial charge on any atom is 0.115 e. The maximum atomic E-state index is 9.50. The van der Waals surface area contributed by atoms with E-state index in [9.17, 15) is 5.11 Å². The van der Waals surface area contributed by atoms with E-state index in [1.165, 1.54) is 30.4 Å². The molecule has 0 saturated heterocycles. The first-order valence-corrected chi connectivity index (χ1v) is 6.67. The van der Waals surface area contributed by atoms with Gasteiger partial charge in [0.1, 0.15) is 5.75 Å². The summed E-state index contributed by atoms with van der Waals surface area (Å²) in [6, 6.07) is 7.00. The van der Waals surface area contributed by atoms with Gasteiger partial charge in [-0.25, -0.2) is 0 Å². The van der Waals surface area contributed by atoms with Crippen LogP contribution in [0.1, 0.15) is 50.3 Å². The van der Waals surface area contributed by atoms with Gasteiger partial charge < -0.3 is 5.11 Å². The lowest BCUT2D eigenvalue weighted by molar-refractivity contribution is 0.175. The molecule has 0 amide bonds. The third-order valence-corrected chi connectivity index (χ3v) is 4.07. The average Bonchev–Trinajstić information content (AvgIpc) is 2.71. The minimum atomic E-state index is 0.397. The maximum absolute atomic E-state index is 9.50. The smallest absolute Gasteiger partial charge is 0.115 e. The SMILES string of the molecule is CCCC(C)N(C)C1CCc2cc(O)ccc21. The van der Waals surface area contributed by atoms with Crippen LogP contribution >= 0.6 is 0 Å². The predicted octanol–water partition coefficient (Wildman–Crippen LogP) is 3.50. The number of nitrogens with zero attached hydrogens (tertiary/aromatic N) is 1. The van der Waals surface area contributed by atoms with E-state index in [1.54, 1.807) is 0 Å². The Labute approximate surface area is 104 Å². The van der Waals surface area contributed by atoms with Crippen LogP contribution in [0.5, 0.6) is 5.75 Å². The molecule has 2 unspecified atom stereocenters. The lowest BCUT2D eigenvalue weighted by atomic mass is 10.0. The highest BCUT2D eigenvalue weighted by molar-refractivity contribution is 5.40. The summed E-state index contributed by atoms with van der Waals surface area (Å²) in [6.45, 7) is 4.55. The van der Waals surface area contributed by atoms with Crippen molar-refractivity contribution in [2.45, 2.75) is 51.6 Å². The second kappa shape index (κ2) is 5.09. The van der Waals surface area contributed by atoms with Crippen LogP contribution in [0.15, 0.2) is 18.2 Å². The van der Waals surface area contributed by atoms with Crippen LogP contribution in [0.3, 0.4) is 0 Å². The number of phenols is 1. The van der Waals surface area contributed by atoms with Gasteiger partial charge in [0.05, 0.1) is 0 Å². The minimum absolute atomic E-state index is 0.397. The van der Waals surface area contributed by atoms with Crippen molar-refractivity contribution in [2.75, 3.05) is 7.05 Å². The van der Waals surface area contributed by atoms with E-state index in [4.69, 9.17) is 0 Å². The molecule has 0 spiro atoms. The number of rotatable bonds is 4. The van der Waals surface area contributed by atoms with Gasteiger partial charge in [-0.2, -0.15) is 0 Å². The normalized spacial score (nSPS) is 20.6. The zero-order chi connectivity index (χ0) is 12.4. The van der Waals surface area contributed by atoms with Gasteiger partial charge in [-0.1, -0.05) is 19.4 Å². The monoisotopic (exact) mass is 233 g/mol. The fraction of sp³-hybridized carbons (Fsp3) is 0.600. The largest absolute Gasteiger partial charge is 0.508 e. The van der Waals surface area contributed by atoms with E-state index in [-0.39, 0.29) is 0 Å². The third-order valence-electron chi connectivity index (χ3n) is 4.07. The molecule has 0 fully saturated rings. The molecule has 0 radical (unpaired) electrons. The van der Waals surface area contributed by atoms with Gasteiger partial charge in [0.25, 0.3) is 0 Å². The lowest BCUT2D eigenvalue weighted by Crippen LogP contribution is -2.31. The Morgan fingerprint density at radius 2 is 2.24 bits per heavy atom. The summed E-state index contributed by atoms with van der Waals surface area (Å²) < 4.78 is 0. The van der Waals surface area contributed by atoms with Crippen molar-refractivity contribution in [3.63, 3.8) is 0 Å². The number of benzene rings is 1. The second-order valence-corrected chi connectivity index (χ2v) is 5.24. The molecule has 0 heterocycles. The standard InChI is InChI=1S/C15H23NO/c1-4-5-11(2)16(3)15-9-6-12-10-13(17)7-8-14(12)15/h7-8,10-11,15,17H,4-6,9H2,1-3H3. The van der Waals surface area contributed by atoms with Crippen molar-refractivity contribution < 1.29 is 5.11 Å². The molecule has 2 rings (SSSR count). The summed E-state index contributed by atoms with van der Waals surface area (Å²) in [5.41, 5.74) is 2.74. The predicted molar refractivity (Wildman–Crippen MR) is 71.3 cm³/mol. The number of aromatic hydroxyl groups is 1. The first-order valence-electron chi connectivity index (χ1n) is 6.67. The second-order valence-electron chi connectivity index (χ2n) is 5.24. The Kier molecular flexibility index (Phi) is 3.72. The first-order chi connectivity index (χ1) is 8.13. The van der Waals surface area contributed by atoms with Crippen LogP contribution < -0.4 is 0 Å². The van der Waals surface area contributed by atoms with Crippen LogP contribution in [-0.4, -0.2) is 23.1 Å². The Balaban J connectivity index is 2.16. The Morgan fingerprint density at radius 3 is 2.94 bits per heavy atom. The molecule has 0 aromatic heterocycles. The topological polar surface area (TPSA) is 23.5 Å². The molecule has 2 atom stereocenters. The zero-order valence-electron chi connectivity index (χ0n) is 11.1. The van der Waals surface area contributed by atoms with E-state index in [0.717, 1.165) is 6.42 Å². The summed E-state index contributed by atoms with van der Waals surface area (Å²) >= 11 is 0. The molecule has 1 aliphatic rings. The molecule has 1 aromatic rings. The third kappa shape index (κ3) is 2.47. The fourth-order valence-corrected chi connectivity index (χ4v) is 2.93. The summed E-state index contributed by atoms with van der Waals surface area (Å²) in [4.78, 5) is 2.49. The fourth-order valence-electron chi connectivity index (χ4n) is 2.93. The van der Waals surface area contributed by atoms with Gasteiger partial charge in [0, 0.05) is 12.1 Å². The van der Waals surface area contributed by atoms with E-state index in [1.807, 2.05) is 12.1 Å². The summed E-state index contributed by atoms with van der Waals surface area (Å²) in [5, 5.41) is 9.50. The summed E-state index contributed by atoms with van der Waals surface area (Å²) in [6.07, 6.45) is 4.77. The van der Waals surface area contributed by atoms with Crippen LogP contribution in [0.2, 0.25) is 0 Å². The Hall–Kier alpha value is -1.02. The van der Waals surface area contributed by atoms with Crippen molar-refractivity contribution in [1.29, 1.82) is 0 Å². The molecule has 0 bridgehead atoms. The van der Waals surface area contributed by atoms with Gasteiger partial charge in [-0.3, -0.25) is 4.90 Å². The number of hydrogen-bond acceptors (Lipinski definition) is 2. The molecular weight excluding hydrogens is 210 g/mol.